The third-order valence-electron chi connectivity index (χ3n) is 3.11. The van der Waals surface area contributed by atoms with E-state index in [-0.39, 0.29) is 17.9 Å². The molecular formula is C12H21F3N4O2. The smallest absolute Gasteiger partial charge is 0.382 e. The van der Waals surface area contributed by atoms with E-state index in [1.54, 1.807) is 18.9 Å². The van der Waals surface area contributed by atoms with E-state index < -0.39 is 18.8 Å². The molecule has 1 heterocycles. The molecule has 21 heavy (non-hydrogen) atoms. The van der Waals surface area contributed by atoms with Crippen LogP contribution < -0.4 is 10.6 Å². The van der Waals surface area contributed by atoms with Gasteiger partial charge in [-0.3, -0.25) is 9.79 Å². The van der Waals surface area contributed by atoms with E-state index in [2.05, 4.69) is 15.6 Å². The van der Waals surface area contributed by atoms with E-state index >= 15 is 0 Å². The summed E-state index contributed by atoms with van der Waals surface area (Å²) in [6.45, 7) is 1.97. The maximum atomic E-state index is 12.2. The molecule has 0 aromatic rings. The Bertz CT molecular complexity index is 387. The van der Waals surface area contributed by atoms with E-state index in [0.29, 0.717) is 25.9 Å². The van der Waals surface area contributed by atoms with E-state index in [1.165, 1.54) is 0 Å². The Kier molecular flexibility index (Phi) is 6.25. The molecule has 122 valence electrons. The number of hydrogen-bond donors (Lipinski definition) is 3. The number of piperidine rings is 1. The molecule has 1 aliphatic rings. The molecule has 6 nitrogen and oxygen atoms in total. The van der Waals surface area contributed by atoms with Gasteiger partial charge in [-0.15, -0.1) is 0 Å². The van der Waals surface area contributed by atoms with Crippen LogP contribution in [0.5, 0.6) is 0 Å². The summed E-state index contributed by atoms with van der Waals surface area (Å²) in [5, 5.41) is 14.7. The van der Waals surface area contributed by atoms with Crippen LogP contribution in [0.25, 0.3) is 0 Å². The highest BCUT2D eigenvalue weighted by molar-refractivity contribution is 5.81. The molecule has 1 fully saturated rings. The Morgan fingerprint density at radius 1 is 1.57 bits per heavy atom. The van der Waals surface area contributed by atoms with Crippen LogP contribution in [0.2, 0.25) is 0 Å². The number of alkyl halides is 3. The summed E-state index contributed by atoms with van der Waals surface area (Å²) in [7, 11) is 1.67. The first-order chi connectivity index (χ1) is 9.74. The number of amides is 1. The molecule has 2 unspecified atom stereocenters. The van der Waals surface area contributed by atoms with Crippen molar-refractivity contribution in [3.05, 3.63) is 0 Å². The van der Waals surface area contributed by atoms with Crippen molar-refractivity contribution in [2.75, 3.05) is 26.7 Å². The highest BCUT2D eigenvalue weighted by Gasteiger charge is 2.38. The van der Waals surface area contributed by atoms with Crippen molar-refractivity contribution < 1.29 is 23.1 Å². The summed E-state index contributed by atoms with van der Waals surface area (Å²) in [5.74, 6) is 0.246. The predicted octanol–water partition coefficient (Wildman–Crippen LogP) is 0.0855. The topological polar surface area (TPSA) is 77.0 Å². The molecule has 0 bridgehead atoms. The second-order valence-corrected chi connectivity index (χ2v) is 4.93. The Morgan fingerprint density at radius 3 is 2.76 bits per heavy atom. The minimum Gasteiger partial charge on any atom is -0.382 e. The quantitative estimate of drug-likeness (QED) is 0.508. The normalized spacial score (nSPS) is 22.2. The van der Waals surface area contributed by atoms with Gasteiger partial charge in [-0.2, -0.15) is 13.2 Å². The lowest BCUT2D eigenvalue weighted by atomic mass is 10.1. The van der Waals surface area contributed by atoms with Crippen molar-refractivity contribution in [3.8, 4) is 0 Å². The van der Waals surface area contributed by atoms with Crippen molar-refractivity contribution in [2.24, 2.45) is 4.99 Å². The number of carbonyl (C=O) groups is 1. The zero-order valence-electron chi connectivity index (χ0n) is 12.1. The first kappa shape index (κ1) is 17.5. The average molecular weight is 310 g/mol. The molecule has 3 N–H and O–H groups in total. The standard InChI is InChI=1S/C12H21F3N4O2/c1-3-16-11(17-6-9(20)12(13,14)15)18-8-4-5-10(21)19(2)7-8/h8-9,20H,3-7H2,1-2H3,(H2,16,17,18). The molecule has 1 aliphatic heterocycles. The Labute approximate surface area is 121 Å². The number of nitrogens with zero attached hydrogens (tertiary/aromatic N) is 2. The number of guanidine groups is 1. The van der Waals surface area contributed by atoms with E-state index in [4.69, 9.17) is 5.11 Å². The van der Waals surface area contributed by atoms with Gasteiger partial charge in [0.15, 0.2) is 12.1 Å². The Hall–Kier alpha value is -1.51. The van der Waals surface area contributed by atoms with Crippen LogP contribution in [0.3, 0.4) is 0 Å². The highest BCUT2D eigenvalue weighted by atomic mass is 19.4. The number of halogens is 3. The van der Waals surface area contributed by atoms with Gasteiger partial charge >= 0.3 is 6.18 Å². The average Bonchev–Trinajstić information content (AvgIpc) is 2.39. The summed E-state index contributed by atoms with van der Waals surface area (Å²) in [5.41, 5.74) is 0. The van der Waals surface area contributed by atoms with Crippen molar-refractivity contribution in [3.63, 3.8) is 0 Å². The maximum Gasteiger partial charge on any atom is 0.416 e. The third kappa shape index (κ3) is 5.78. The van der Waals surface area contributed by atoms with Crippen molar-refractivity contribution in [1.29, 1.82) is 0 Å². The second-order valence-electron chi connectivity index (χ2n) is 4.93. The molecule has 2 atom stereocenters. The molecule has 1 saturated heterocycles. The van der Waals surface area contributed by atoms with Gasteiger partial charge in [-0.05, 0) is 13.3 Å². The van der Waals surface area contributed by atoms with E-state index in [9.17, 15) is 18.0 Å². The number of aliphatic hydroxyl groups excluding tert-OH is 1. The summed E-state index contributed by atoms with van der Waals surface area (Å²) in [6.07, 6.45) is -6.18. The number of aliphatic imine (C=N–C) groups is 1. The number of rotatable bonds is 4. The van der Waals surface area contributed by atoms with Crippen LogP contribution in [-0.2, 0) is 4.79 Å². The van der Waals surface area contributed by atoms with Crippen molar-refractivity contribution in [2.45, 2.75) is 38.1 Å². The minimum absolute atomic E-state index is 0.0440. The first-order valence-electron chi connectivity index (χ1n) is 6.77. The summed E-state index contributed by atoms with van der Waals surface area (Å²) < 4.78 is 36.7. The van der Waals surface area contributed by atoms with Crippen molar-refractivity contribution in [1.82, 2.24) is 15.5 Å². The number of likely N-dealkylation sites (N-methyl/N-ethyl adjacent to an activating group) is 1. The Balaban J connectivity index is 2.58. The summed E-state index contributed by atoms with van der Waals surface area (Å²) in [6, 6.07) is -0.0754. The van der Waals surface area contributed by atoms with Crippen LogP contribution in [0, 0.1) is 0 Å². The number of likely N-dealkylation sites (tertiary alicyclic amines) is 1. The molecule has 1 rings (SSSR count). The van der Waals surface area contributed by atoms with Gasteiger partial charge in [-0.1, -0.05) is 0 Å². The number of carbonyl (C=O) groups excluding carboxylic acids is 1. The summed E-state index contributed by atoms with van der Waals surface area (Å²) in [4.78, 5) is 16.7. The lowest BCUT2D eigenvalue weighted by molar-refractivity contribution is -0.199. The van der Waals surface area contributed by atoms with Gasteiger partial charge in [-0.25, -0.2) is 0 Å². The van der Waals surface area contributed by atoms with E-state index in [0.717, 1.165) is 0 Å². The number of hydrogen-bond acceptors (Lipinski definition) is 3. The SMILES string of the molecule is CCNC(=NCC(O)C(F)(F)F)NC1CCC(=O)N(C)C1. The second kappa shape index (κ2) is 7.48. The monoisotopic (exact) mass is 310 g/mol. The Morgan fingerprint density at radius 2 is 2.24 bits per heavy atom. The zero-order chi connectivity index (χ0) is 16.0. The van der Waals surface area contributed by atoms with Crippen LogP contribution in [0.4, 0.5) is 13.2 Å². The molecule has 0 radical (unpaired) electrons. The van der Waals surface area contributed by atoms with Gasteiger partial charge in [0.25, 0.3) is 0 Å². The summed E-state index contributed by atoms with van der Waals surface area (Å²) >= 11 is 0. The van der Waals surface area contributed by atoms with Crippen LogP contribution >= 0.6 is 0 Å². The highest BCUT2D eigenvalue weighted by Crippen LogP contribution is 2.19. The molecule has 0 aliphatic carbocycles. The minimum atomic E-state index is -4.68. The largest absolute Gasteiger partial charge is 0.416 e. The van der Waals surface area contributed by atoms with E-state index in [1.807, 2.05) is 0 Å². The van der Waals surface area contributed by atoms with Crippen molar-refractivity contribution >= 4 is 11.9 Å². The third-order valence-corrected chi connectivity index (χ3v) is 3.11. The fraction of sp³-hybridized carbons (Fsp3) is 0.833. The molecule has 0 saturated carbocycles. The molecular weight excluding hydrogens is 289 g/mol. The van der Waals surface area contributed by atoms with Gasteiger partial charge in [0, 0.05) is 32.6 Å². The fourth-order valence-corrected chi connectivity index (χ4v) is 1.92. The number of nitrogens with one attached hydrogen (secondary N) is 2. The lowest BCUT2D eigenvalue weighted by Gasteiger charge is -2.31. The van der Waals surface area contributed by atoms with Crippen LogP contribution in [0.15, 0.2) is 4.99 Å². The molecule has 0 aromatic heterocycles. The molecule has 0 aromatic carbocycles. The predicted molar refractivity (Wildman–Crippen MR) is 71.8 cm³/mol. The van der Waals surface area contributed by atoms with Gasteiger partial charge in [0.2, 0.25) is 5.91 Å². The van der Waals surface area contributed by atoms with Gasteiger partial charge in [0.05, 0.1) is 6.54 Å². The molecule has 1 amide bonds. The zero-order valence-corrected chi connectivity index (χ0v) is 12.1. The van der Waals surface area contributed by atoms with Crippen LogP contribution in [0.1, 0.15) is 19.8 Å². The maximum absolute atomic E-state index is 12.2. The van der Waals surface area contributed by atoms with Crippen LogP contribution in [-0.4, -0.2) is 66.9 Å². The number of aliphatic hydroxyl groups is 1. The fourth-order valence-electron chi connectivity index (χ4n) is 1.92. The first-order valence-corrected chi connectivity index (χ1v) is 6.77. The molecule has 9 heteroatoms. The lowest BCUT2D eigenvalue weighted by Crippen LogP contribution is -2.52. The molecule has 0 spiro atoms. The van der Waals surface area contributed by atoms with Gasteiger partial charge in [0.1, 0.15) is 0 Å². The van der Waals surface area contributed by atoms with Gasteiger partial charge < -0.3 is 20.6 Å².